The average Bonchev–Trinajstić information content (AvgIpc) is 2.70. The van der Waals surface area contributed by atoms with Crippen molar-refractivity contribution in [2.24, 2.45) is 5.41 Å². The highest BCUT2D eigenvalue weighted by Gasteiger charge is 2.32. The molecular weight excluding hydrogens is 258 g/mol. The van der Waals surface area contributed by atoms with Gasteiger partial charge in [0, 0.05) is 19.0 Å². The van der Waals surface area contributed by atoms with Crippen molar-refractivity contribution < 1.29 is 4.74 Å². The lowest BCUT2D eigenvalue weighted by atomic mass is 9.73. The first-order valence-corrected chi connectivity index (χ1v) is 8.40. The molecule has 3 rings (SSSR count). The van der Waals surface area contributed by atoms with Crippen molar-refractivity contribution in [3.8, 4) is 5.75 Å². The van der Waals surface area contributed by atoms with Crippen molar-refractivity contribution in [1.82, 2.24) is 5.32 Å². The summed E-state index contributed by atoms with van der Waals surface area (Å²) >= 11 is 0. The molecule has 1 fully saturated rings. The molecule has 1 atom stereocenters. The zero-order valence-corrected chi connectivity index (χ0v) is 14.0. The van der Waals surface area contributed by atoms with Crippen LogP contribution in [0.5, 0.6) is 5.75 Å². The molecule has 1 aromatic carbocycles. The standard InChI is InChI=1S/C19H29NO/c1-18(2)10-6-5-7-17(18)20-13-14-8-9-16-15(11-14)12-19(3,4)21-16/h8-9,11,17,20H,5-7,10,12-13H2,1-4H3. The fourth-order valence-corrected chi connectivity index (χ4v) is 3.89. The van der Waals surface area contributed by atoms with Crippen molar-refractivity contribution >= 4 is 0 Å². The van der Waals surface area contributed by atoms with Crippen LogP contribution in [0.4, 0.5) is 0 Å². The molecule has 0 amide bonds. The van der Waals surface area contributed by atoms with Gasteiger partial charge in [-0.15, -0.1) is 0 Å². The molecule has 1 N–H and O–H groups in total. The first-order valence-electron chi connectivity index (χ1n) is 8.40. The third-order valence-corrected chi connectivity index (χ3v) is 5.19. The van der Waals surface area contributed by atoms with Gasteiger partial charge in [-0.05, 0) is 49.3 Å². The normalized spacial score (nSPS) is 26.2. The second kappa shape index (κ2) is 5.31. The van der Waals surface area contributed by atoms with E-state index in [2.05, 4.69) is 51.2 Å². The number of hydrogen-bond donors (Lipinski definition) is 1. The van der Waals surface area contributed by atoms with Crippen molar-refractivity contribution in [2.45, 2.75) is 78.0 Å². The molecular formula is C19H29NO. The molecule has 1 aromatic rings. The highest BCUT2D eigenvalue weighted by Crippen LogP contribution is 2.37. The van der Waals surface area contributed by atoms with E-state index in [-0.39, 0.29) is 5.60 Å². The third-order valence-electron chi connectivity index (χ3n) is 5.19. The quantitative estimate of drug-likeness (QED) is 0.886. The van der Waals surface area contributed by atoms with Crippen LogP contribution in [0, 0.1) is 5.41 Å². The molecule has 0 saturated heterocycles. The van der Waals surface area contributed by atoms with E-state index in [9.17, 15) is 0 Å². The Morgan fingerprint density at radius 2 is 2.00 bits per heavy atom. The fraction of sp³-hybridized carbons (Fsp3) is 0.684. The van der Waals surface area contributed by atoms with Gasteiger partial charge in [-0.1, -0.05) is 38.8 Å². The molecule has 1 heterocycles. The second-order valence-corrected chi connectivity index (χ2v) is 8.15. The maximum atomic E-state index is 5.96. The number of rotatable bonds is 3. The molecule has 1 aliphatic heterocycles. The van der Waals surface area contributed by atoms with E-state index in [0.717, 1.165) is 18.7 Å². The van der Waals surface area contributed by atoms with Crippen LogP contribution in [0.2, 0.25) is 0 Å². The Hall–Kier alpha value is -1.02. The number of benzene rings is 1. The van der Waals surface area contributed by atoms with Crippen LogP contribution in [0.1, 0.15) is 64.5 Å². The van der Waals surface area contributed by atoms with Gasteiger partial charge in [-0.3, -0.25) is 0 Å². The number of hydrogen-bond acceptors (Lipinski definition) is 2. The van der Waals surface area contributed by atoms with Gasteiger partial charge in [0.15, 0.2) is 0 Å². The van der Waals surface area contributed by atoms with Crippen molar-refractivity contribution in [3.63, 3.8) is 0 Å². The Morgan fingerprint density at radius 1 is 1.19 bits per heavy atom. The van der Waals surface area contributed by atoms with Gasteiger partial charge < -0.3 is 10.1 Å². The molecule has 0 aromatic heterocycles. The lowest BCUT2D eigenvalue weighted by Gasteiger charge is -2.39. The predicted molar refractivity (Wildman–Crippen MR) is 87.7 cm³/mol. The molecule has 2 aliphatic rings. The fourth-order valence-electron chi connectivity index (χ4n) is 3.89. The number of ether oxygens (including phenoxy) is 1. The molecule has 21 heavy (non-hydrogen) atoms. The summed E-state index contributed by atoms with van der Waals surface area (Å²) < 4.78 is 5.96. The Balaban J connectivity index is 1.64. The molecule has 116 valence electrons. The van der Waals surface area contributed by atoms with Crippen LogP contribution in [0.25, 0.3) is 0 Å². The number of fused-ring (bicyclic) bond motifs is 1. The van der Waals surface area contributed by atoms with Gasteiger partial charge in [0.25, 0.3) is 0 Å². The average molecular weight is 287 g/mol. The lowest BCUT2D eigenvalue weighted by molar-refractivity contribution is 0.138. The van der Waals surface area contributed by atoms with Crippen LogP contribution >= 0.6 is 0 Å². The van der Waals surface area contributed by atoms with E-state index in [4.69, 9.17) is 4.74 Å². The van der Waals surface area contributed by atoms with Gasteiger partial charge in [-0.25, -0.2) is 0 Å². The maximum absolute atomic E-state index is 5.96. The van der Waals surface area contributed by atoms with Gasteiger partial charge in [0.2, 0.25) is 0 Å². The Labute approximate surface area is 129 Å². The van der Waals surface area contributed by atoms with E-state index in [0.29, 0.717) is 11.5 Å². The Morgan fingerprint density at radius 3 is 2.76 bits per heavy atom. The molecule has 1 unspecified atom stereocenters. The summed E-state index contributed by atoms with van der Waals surface area (Å²) in [5.41, 5.74) is 3.14. The van der Waals surface area contributed by atoms with E-state index >= 15 is 0 Å². The van der Waals surface area contributed by atoms with Crippen LogP contribution in [0.15, 0.2) is 18.2 Å². The largest absolute Gasteiger partial charge is 0.487 e. The smallest absolute Gasteiger partial charge is 0.123 e. The first kappa shape index (κ1) is 14.9. The van der Waals surface area contributed by atoms with E-state index in [1.165, 1.54) is 36.8 Å². The third kappa shape index (κ3) is 3.26. The summed E-state index contributed by atoms with van der Waals surface area (Å²) in [6.07, 6.45) is 6.43. The molecule has 2 heteroatoms. The summed E-state index contributed by atoms with van der Waals surface area (Å²) in [6, 6.07) is 7.33. The van der Waals surface area contributed by atoms with E-state index in [1.807, 2.05) is 0 Å². The minimum Gasteiger partial charge on any atom is -0.487 e. The van der Waals surface area contributed by atoms with Gasteiger partial charge in [-0.2, -0.15) is 0 Å². The van der Waals surface area contributed by atoms with Crippen molar-refractivity contribution in [1.29, 1.82) is 0 Å². The monoisotopic (exact) mass is 287 g/mol. The minimum atomic E-state index is -0.0419. The number of nitrogens with one attached hydrogen (secondary N) is 1. The summed E-state index contributed by atoms with van der Waals surface area (Å²) in [5.74, 6) is 1.07. The Kier molecular flexibility index (Phi) is 3.77. The highest BCUT2D eigenvalue weighted by molar-refractivity contribution is 5.41. The molecule has 2 nitrogen and oxygen atoms in total. The minimum absolute atomic E-state index is 0.0419. The molecule has 1 aliphatic carbocycles. The molecule has 0 radical (unpaired) electrons. The predicted octanol–water partition coefficient (Wildman–Crippen LogP) is 4.46. The van der Waals surface area contributed by atoms with Crippen LogP contribution in [-0.2, 0) is 13.0 Å². The maximum Gasteiger partial charge on any atom is 0.123 e. The van der Waals surface area contributed by atoms with E-state index in [1.54, 1.807) is 0 Å². The molecule has 0 bridgehead atoms. The Bertz CT molecular complexity index is 518. The van der Waals surface area contributed by atoms with E-state index < -0.39 is 0 Å². The highest BCUT2D eigenvalue weighted by atomic mass is 16.5. The van der Waals surface area contributed by atoms with Crippen molar-refractivity contribution in [2.75, 3.05) is 0 Å². The molecule has 1 saturated carbocycles. The topological polar surface area (TPSA) is 21.3 Å². The summed E-state index contributed by atoms with van der Waals surface area (Å²) in [5, 5.41) is 3.80. The van der Waals surface area contributed by atoms with Crippen LogP contribution < -0.4 is 10.1 Å². The lowest BCUT2D eigenvalue weighted by Crippen LogP contribution is -2.43. The summed E-state index contributed by atoms with van der Waals surface area (Å²) in [7, 11) is 0. The first-order chi connectivity index (χ1) is 9.86. The van der Waals surface area contributed by atoms with Crippen LogP contribution in [0.3, 0.4) is 0 Å². The SMILES string of the molecule is CC1(C)Cc2cc(CNC3CCCCC3(C)C)ccc2O1. The zero-order chi connectivity index (χ0) is 15.1. The van der Waals surface area contributed by atoms with Crippen molar-refractivity contribution in [3.05, 3.63) is 29.3 Å². The zero-order valence-electron chi connectivity index (χ0n) is 14.0. The second-order valence-electron chi connectivity index (χ2n) is 8.15. The van der Waals surface area contributed by atoms with Gasteiger partial charge >= 0.3 is 0 Å². The van der Waals surface area contributed by atoms with Gasteiger partial charge in [0.05, 0.1) is 0 Å². The molecule has 0 spiro atoms. The summed E-state index contributed by atoms with van der Waals surface area (Å²) in [6.45, 7) is 10.1. The van der Waals surface area contributed by atoms with Crippen LogP contribution in [-0.4, -0.2) is 11.6 Å². The summed E-state index contributed by atoms with van der Waals surface area (Å²) in [4.78, 5) is 0. The van der Waals surface area contributed by atoms with Gasteiger partial charge in [0.1, 0.15) is 11.4 Å².